The summed E-state index contributed by atoms with van der Waals surface area (Å²) in [5.41, 5.74) is 0.745. The maximum atomic E-state index is 13.1. The summed E-state index contributed by atoms with van der Waals surface area (Å²) in [6, 6.07) is 2.06. The van der Waals surface area contributed by atoms with E-state index >= 15 is 0 Å². The Morgan fingerprint density at radius 1 is 1.32 bits per heavy atom. The Hall–Kier alpha value is -3.13. The van der Waals surface area contributed by atoms with E-state index in [-0.39, 0.29) is 35.9 Å². The molecule has 1 saturated carbocycles. The van der Waals surface area contributed by atoms with E-state index in [2.05, 4.69) is 36.6 Å². The molecule has 0 aromatic carbocycles. The molecule has 3 atom stereocenters. The number of aliphatic hydroxyl groups is 1. The molecule has 166 valence electrons. The third-order valence-electron chi connectivity index (χ3n) is 5.05. The maximum Gasteiger partial charge on any atom is 0.278 e. The van der Waals surface area contributed by atoms with Crippen LogP contribution < -0.4 is 15.4 Å². The zero-order chi connectivity index (χ0) is 22.4. The lowest BCUT2D eigenvalue weighted by Crippen LogP contribution is -2.35. The molecule has 2 aromatic heterocycles. The van der Waals surface area contributed by atoms with Gasteiger partial charge in [0.05, 0.1) is 17.9 Å². The van der Waals surface area contributed by atoms with Gasteiger partial charge < -0.3 is 20.5 Å². The van der Waals surface area contributed by atoms with Crippen LogP contribution in [0.2, 0.25) is 0 Å². The monoisotopic (exact) mass is 433 g/mol. The summed E-state index contributed by atoms with van der Waals surface area (Å²) in [5, 5.41) is 25.7. The second-order valence-electron chi connectivity index (χ2n) is 7.83. The van der Waals surface area contributed by atoms with Crippen molar-refractivity contribution < 1.29 is 18.6 Å². The number of hydrogen-bond donors (Lipinski definition) is 3. The number of rotatable bonds is 8. The van der Waals surface area contributed by atoms with Gasteiger partial charge in [-0.25, -0.2) is 23.7 Å². The van der Waals surface area contributed by atoms with Gasteiger partial charge in [-0.15, -0.1) is 0 Å². The normalized spacial score (nSPS) is 21.2. The van der Waals surface area contributed by atoms with Gasteiger partial charge in [-0.2, -0.15) is 10.2 Å². The maximum absolute atomic E-state index is 13.1. The number of anilines is 2. The Balaban J connectivity index is 1.68. The van der Waals surface area contributed by atoms with Crippen molar-refractivity contribution >= 4 is 11.8 Å². The summed E-state index contributed by atoms with van der Waals surface area (Å²) in [4.78, 5) is 16.3. The van der Waals surface area contributed by atoms with E-state index in [0.717, 1.165) is 19.8 Å². The molecule has 2 aromatic rings. The summed E-state index contributed by atoms with van der Waals surface area (Å²) in [6.07, 6.45) is 5.98. The summed E-state index contributed by atoms with van der Waals surface area (Å²) in [5.74, 6) is -2.09. The summed E-state index contributed by atoms with van der Waals surface area (Å²) < 4.78 is 31.3. The molecule has 0 bridgehead atoms. The van der Waals surface area contributed by atoms with Crippen molar-refractivity contribution in [3.63, 3.8) is 0 Å². The highest BCUT2D eigenvalue weighted by molar-refractivity contribution is 5.54. The smallest absolute Gasteiger partial charge is 0.278 e. The fourth-order valence-corrected chi connectivity index (χ4v) is 3.25. The van der Waals surface area contributed by atoms with Crippen LogP contribution in [-0.2, 0) is 6.54 Å². The highest BCUT2D eigenvalue weighted by Crippen LogP contribution is 2.27. The summed E-state index contributed by atoms with van der Waals surface area (Å²) >= 11 is 0. The van der Waals surface area contributed by atoms with Crippen molar-refractivity contribution in [3.8, 4) is 11.9 Å². The molecule has 0 aliphatic heterocycles. The fourth-order valence-electron chi connectivity index (χ4n) is 3.25. The third-order valence-corrected chi connectivity index (χ3v) is 5.05. The predicted molar refractivity (Wildman–Crippen MR) is 109 cm³/mol. The van der Waals surface area contributed by atoms with Crippen LogP contribution in [-0.4, -0.2) is 49.7 Å². The van der Waals surface area contributed by atoms with Gasteiger partial charge in [-0.3, -0.25) is 0 Å². The number of ether oxygens (including phenoxy) is 1. The van der Waals surface area contributed by atoms with Gasteiger partial charge in [0, 0.05) is 25.7 Å². The van der Waals surface area contributed by atoms with E-state index < -0.39 is 18.6 Å². The largest absolute Gasteiger partial charge is 0.471 e. The minimum absolute atomic E-state index is 0.000660. The first-order chi connectivity index (χ1) is 14.7. The van der Waals surface area contributed by atoms with Crippen LogP contribution >= 0.6 is 0 Å². The quantitative estimate of drug-likeness (QED) is 0.575. The topological polar surface area (TPSA) is 129 Å². The van der Waals surface area contributed by atoms with Crippen LogP contribution in [0.4, 0.5) is 20.5 Å². The molecular formula is C20H25F2N7O2. The van der Waals surface area contributed by atoms with Crippen LogP contribution in [0.3, 0.4) is 0 Å². The average molecular weight is 433 g/mol. The third kappa shape index (κ3) is 6.42. The van der Waals surface area contributed by atoms with E-state index in [1.54, 1.807) is 0 Å². The van der Waals surface area contributed by atoms with E-state index in [9.17, 15) is 19.1 Å². The van der Waals surface area contributed by atoms with Gasteiger partial charge in [0.15, 0.2) is 6.61 Å². The molecule has 31 heavy (non-hydrogen) atoms. The molecule has 3 rings (SSSR count). The number of halogens is 2. The first kappa shape index (κ1) is 22.6. The molecule has 2 heterocycles. The standard InChI is InChI=1S/C20H25F2N7O2/c1-12-3-4-15(5-16(12)30)28-17-13(6-23)8-25-19(29-17)26-9-14-7-24-11-27-18(14)31-10-20(2,21)22/h7-8,11-12,15-16,30H,3-5,9-10H2,1-2H3,(H2,25,26,28,29)/t12-,15-,16-/m1/s1. The molecule has 1 aliphatic carbocycles. The molecule has 9 nitrogen and oxygen atoms in total. The number of nitrogens with one attached hydrogen (secondary N) is 2. The first-order valence-corrected chi connectivity index (χ1v) is 10.0. The lowest BCUT2D eigenvalue weighted by Gasteiger charge is -2.31. The highest BCUT2D eigenvalue weighted by Gasteiger charge is 2.27. The van der Waals surface area contributed by atoms with Crippen LogP contribution in [0.1, 0.15) is 44.2 Å². The molecule has 1 fully saturated rings. The highest BCUT2D eigenvalue weighted by atomic mass is 19.3. The number of aromatic nitrogens is 4. The number of nitrogens with zero attached hydrogens (tertiary/aromatic N) is 5. The van der Waals surface area contributed by atoms with Gasteiger partial charge in [-0.05, 0) is 25.2 Å². The Labute approximate surface area is 178 Å². The fraction of sp³-hybridized carbons (Fsp3) is 0.550. The Morgan fingerprint density at radius 2 is 2.13 bits per heavy atom. The van der Waals surface area contributed by atoms with Gasteiger partial charge in [0.1, 0.15) is 23.8 Å². The van der Waals surface area contributed by atoms with Gasteiger partial charge in [-0.1, -0.05) is 6.92 Å². The minimum Gasteiger partial charge on any atom is -0.471 e. The second kappa shape index (κ2) is 9.78. The van der Waals surface area contributed by atoms with Gasteiger partial charge >= 0.3 is 0 Å². The first-order valence-electron chi connectivity index (χ1n) is 10.0. The zero-order valence-corrected chi connectivity index (χ0v) is 17.3. The molecule has 0 radical (unpaired) electrons. The molecule has 0 amide bonds. The van der Waals surface area contributed by atoms with Crippen molar-refractivity contribution in [1.29, 1.82) is 5.26 Å². The zero-order valence-electron chi connectivity index (χ0n) is 17.3. The van der Waals surface area contributed by atoms with Crippen LogP contribution in [0.5, 0.6) is 5.88 Å². The molecular weight excluding hydrogens is 408 g/mol. The van der Waals surface area contributed by atoms with E-state index in [0.29, 0.717) is 17.8 Å². The lowest BCUT2D eigenvalue weighted by molar-refractivity contribution is -0.0245. The molecule has 0 saturated heterocycles. The van der Waals surface area contributed by atoms with Crippen molar-refractivity contribution in [2.24, 2.45) is 5.92 Å². The summed E-state index contributed by atoms with van der Waals surface area (Å²) in [6.45, 7) is 2.11. The average Bonchev–Trinajstić information content (AvgIpc) is 2.73. The number of aliphatic hydroxyl groups excluding tert-OH is 1. The Bertz CT molecular complexity index is 932. The molecule has 0 spiro atoms. The molecule has 3 N–H and O–H groups in total. The second-order valence-corrected chi connectivity index (χ2v) is 7.83. The van der Waals surface area contributed by atoms with Crippen LogP contribution in [0.15, 0.2) is 18.7 Å². The van der Waals surface area contributed by atoms with Crippen molar-refractivity contribution in [3.05, 3.63) is 29.8 Å². The SMILES string of the molecule is C[C@@H]1CC[C@@H](Nc2nc(NCc3cncnc3OCC(C)(F)F)ncc2C#N)C[C@H]1O. The van der Waals surface area contributed by atoms with E-state index in [1.165, 1.54) is 18.7 Å². The molecule has 11 heteroatoms. The van der Waals surface area contributed by atoms with E-state index in [4.69, 9.17) is 4.74 Å². The summed E-state index contributed by atoms with van der Waals surface area (Å²) in [7, 11) is 0. The Kier molecular flexibility index (Phi) is 7.12. The van der Waals surface area contributed by atoms with Crippen LogP contribution in [0.25, 0.3) is 0 Å². The number of nitriles is 1. The molecule has 0 unspecified atom stereocenters. The predicted octanol–water partition coefficient (Wildman–Crippen LogP) is 2.75. The minimum atomic E-state index is -2.99. The van der Waals surface area contributed by atoms with Crippen molar-refractivity contribution in [2.75, 3.05) is 17.2 Å². The lowest BCUT2D eigenvalue weighted by atomic mass is 9.85. The van der Waals surface area contributed by atoms with Crippen molar-refractivity contribution in [2.45, 2.75) is 57.7 Å². The Morgan fingerprint density at radius 3 is 2.84 bits per heavy atom. The van der Waals surface area contributed by atoms with Gasteiger partial charge in [0.25, 0.3) is 5.92 Å². The van der Waals surface area contributed by atoms with Gasteiger partial charge in [0.2, 0.25) is 11.8 Å². The number of alkyl halides is 2. The molecule has 1 aliphatic rings. The van der Waals surface area contributed by atoms with Crippen LogP contribution in [0, 0.1) is 17.2 Å². The van der Waals surface area contributed by atoms with E-state index in [1.807, 2.05) is 6.92 Å². The number of hydrogen-bond acceptors (Lipinski definition) is 9. The van der Waals surface area contributed by atoms with Crippen molar-refractivity contribution in [1.82, 2.24) is 19.9 Å².